The highest BCUT2D eigenvalue weighted by molar-refractivity contribution is 8.26. The number of carbonyl (C=O) groups is 2. The van der Waals surface area contributed by atoms with E-state index in [0.29, 0.717) is 10.7 Å². The first-order chi connectivity index (χ1) is 13.2. The summed E-state index contributed by atoms with van der Waals surface area (Å²) in [6, 6.07) is 5.74. The molecule has 1 saturated heterocycles. The van der Waals surface area contributed by atoms with Crippen molar-refractivity contribution < 1.29 is 22.7 Å². The van der Waals surface area contributed by atoms with E-state index in [2.05, 4.69) is 5.32 Å². The van der Waals surface area contributed by atoms with Gasteiger partial charge in [0.05, 0.1) is 23.8 Å². The van der Waals surface area contributed by atoms with Crippen molar-refractivity contribution in [2.75, 3.05) is 12.9 Å². The van der Waals surface area contributed by atoms with Crippen molar-refractivity contribution in [2.24, 2.45) is 0 Å². The van der Waals surface area contributed by atoms with Gasteiger partial charge in [0.2, 0.25) is 5.91 Å². The highest BCUT2D eigenvalue weighted by Gasteiger charge is 2.39. The number of thioether (sulfide) groups is 1. The van der Waals surface area contributed by atoms with Gasteiger partial charge in [-0.05, 0) is 36.8 Å². The van der Waals surface area contributed by atoms with E-state index >= 15 is 0 Å². The molecule has 2 aliphatic rings. The van der Waals surface area contributed by atoms with Crippen molar-refractivity contribution in [3.8, 4) is 5.75 Å². The second kappa shape index (κ2) is 8.06. The molecular weight excluding hydrogens is 420 g/mol. The molecule has 0 aliphatic carbocycles. The van der Waals surface area contributed by atoms with Gasteiger partial charge in [-0.1, -0.05) is 36.1 Å². The predicted octanol–water partition coefficient (Wildman–Crippen LogP) is 1.71. The topological polar surface area (TPSA) is 92.8 Å². The van der Waals surface area contributed by atoms with Gasteiger partial charge in [-0.15, -0.1) is 0 Å². The highest BCUT2D eigenvalue weighted by Crippen LogP contribution is 2.34. The van der Waals surface area contributed by atoms with E-state index in [-0.39, 0.29) is 16.0 Å². The zero-order valence-electron chi connectivity index (χ0n) is 15.1. The third kappa shape index (κ3) is 4.45. The van der Waals surface area contributed by atoms with Crippen LogP contribution in [0.2, 0.25) is 0 Å². The van der Waals surface area contributed by atoms with Gasteiger partial charge in [0.15, 0.2) is 9.84 Å². The van der Waals surface area contributed by atoms with E-state index in [4.69, 9.17) is 17.0 Å². The van der Waals surface area contributed by atoms with Crippen LogP contribution in [0.1, 0.15) is 12.5 Å². The van der Waals surface area contributed by atoms with Crippen molar-refractivity contribution in [3.05, 3.63) is 46.2 Å². The summed E-state index contributed by atoms with van der Waals surface area (Å²) in [6.07, 6.45) is 3.13. The number of rotatable bonds is 5. The van der Waals surface area contributed by atoms with Crippen LogP contribution in [-0.4, -0.2) is 54.4 Å². The summed E-state index contributed by atoms with van der Waals surface area (Å²) in [7, 11) is -1.71. The molecule has 0 aromatic heterocycles. The van der Waals surface area contributed by atoms with E-state index in [1.165, 1.54) is 11.0 Å². The van der Waals surface area contributed by atoms with Crippen molar-refractivity contribution in [1.29, 1.82) is 0 Å². The summed E-state index contributed by atoms with van der Waals surface area (Å²) in [5, 5.41) is 3.71. The Labute approximate surface area is 172 Å². The molecule has 1 aromatic carbocycles. The average molecular weight is 439 g/mol. The lowest BCUT2D eigenvalue weighted by Crippen LogP contribution is -2.49. The molecular formula is C18H18N2O5S3. The van der Waals surface area contributed by atoms with Crippen molar-refractivity contribution in [1.82, 2.24) is 10.2 Å². The van der Waals surface area contributed by atoms with Crippen LogP contribution in [0, 0.1) is 0 Å². The Hall–Kier alpha value is -2.17. The Morgan fingerprint density at radius 3 is 2.64 bits per heavy atom. The molecule has 2 amide bonds. The minimum atomic E-state index is -3.28. The Morgan fingerprint density at radius 1 is 1.39 bits per heavy atom. The molecule has 0 bridgehead atoms. The molecule has 3 rings (SSSR count). The molecule has 0 saturated carbocycles. The van der Waals surface area contributed by atoms with Gasteiger partial charge in [-0.3, -0.25) is 14.5 Å². The number of hydrogen-bond donors (Lipinski definition) is 1. The van der Waals surface area contributed by atoms with E-state index in [1.54, 1.807) is 32.2 Å². The van der Waals surface area contributed by atoms with Gasteiger partial charge in [0.25, 0.3) is 5.91 Å². The fourth-order valence-corrected chi connectivity index (χ4v) is 5.41. The molecule has 0 radical (unpaired) electrons. The van der Waals surface area contributed by atoms with E-state index in [1.807, 2.05) is 12.1 Å². The molecule has 2 aliphatic heterocycles. The number of benzene rings is 1. The van der Waals surface area contributed by atoms with Crippen molar-refractivity contribution >= 4 is 56.0 Å². The first-order valence-corrected chi connectivity index (χ1v) is 11.3. The summed E-state index contributed by atoms with van der Waals surface area (Å²) in [4.78, 5) is 26.9. The standard InChI is InChI=1S/C18H18N2O5S3/c1-11(16(21)19-13-7-8-28(23,24)10-13)20-17(22)15(27-18(20)26)9-12-3-5-14(25-2)6-4-12/h3-9,11,13H,10H2,1-2H3,(H,19,21)/b15-9-/t11-,13-/m0/s1. The molecule has 148 valence electrons. The minimum absolute atomic E-state index is 0.179. The summed E-state index contributed by atoms with van der Waals surface area (Å²) in [5.74, 6) is -0.295. The van der Waals surface area contributed by atoms with Gasteiger partial charge in [0.1, 0.15) is 16.1 Å². The Balaban J connectivity index is 1.70. The minimum Gasteiger partial charge on any atom is -0.497 e. The quantitative estimate of drug-likeness (QED) is 0.553. The molecule has 7 nitrogen and oxygen atoms in total. The van der Waals surface area contributed by atoms with Gasteiger partial charge in [-0.2, -0.15) is 0 Å². The fourth-order valence-electron chi connectivity index (χ4n) is 2.75. The third-order valence-corrected chi connectivity index (χ3v) is 6.99. The van der Waals surface area contributed by atoms with Crippen LogP contribution in [0.25, 0.3) is 6.08 Å². The predicted molar refractivity (Wildman–Crippen MR) is 112 cm³/mol. The molecule has 28 heavy (non-hydrogen) atoms. The second-order valence-corrected chi connectivity index (χ2v) is 9.88. The molecule has 10 heteroatoms. The molecule has 2 atom stereocenters. The lowest BCUT2D eigenvalue weighted by atomic mass is 10.2. The average Bonchev–Trinajstić information content (AvgIpc) is 3.13. The number of hydrogen-bond acceptors (Lipinski definition) is 7. The number of methoxy groups -OCH3 is 1. The smallest absolute Gasteiger partial charge is 0.266 e. The molecule has 1 fully saturated rings. The van der Waals surface area contributed by atoms with Crippen LogP contribution in [0.4, 0.5) is 0 Å². The number of ether oxygens (including phenoxy) is 1. The largest absolute Gasteiger partial charge is 0.497 e. The maximum absolute atomic E-state index is 12.8. The van der Waals surface area contributed by atoms with Crippen LogP contribution >= 0.6 is 24.0 Å². The lowest BCUT2D eigenvalue weighted by Gasteiger charge is -2.23. The van der Waals surface area contributed by atoms with Crippen LogP contribution in [0.3, 0.4) is 0 Å². The van der Waals surface area contributed by atoms with E-state index in [0.717, 1.165) is 22.7 Å². The molecule has 1 N–H and O–H groups in total. The van der Waals surface area contributed by atoms with Crippen molar-refractivity contribution in [3.63, 3.8) is 0 Å². The summed E-state index contributed by atoms with van der Waals surface area (Å²) >= 11 is 6.40. The molecule has 2 heterocycles. The third-order valence-electron chi connectivity index (χ3n) is 4.26. The van der Waals surface area contributed by atoms with E-state index < -0.39 is 27.8 Å². The van der Waals surface area contributed by atoms with Gasteiger partial charge >= 0.3 is 0 Å². The first kappa shape index (κ1) is 20.6. The maximum atomic E-state index is 12.8. The molecule has 1 aromatic rings. The summed E-state index contributed by atoms with van der Waals surface area (Å²) in [5.41, 5.74) is 0.805. The van der Waals surface area contributed by atoms with Gasteiger partial charge in [0, 0.05) is 5.41 Å². The number of thiocarbonyl (C=S) groups is 1. The van der Waals surface area contributed by atoms with Crippen molar-refractivity contribution in [2.45, 2.75) is 19.0 Å². The normalized spacial score (nSPS) is 23.3. The Kier molecular flexibility index (Phi) is 5.92. The monoisotopic (exact) mass is 438 g/mol. The van der Waals surface area contributed by atoms with Crippen LogP contribution in [0.5, 0.6) is 5.75 Å². The number of nitrogens with one attached hydrogen (secondary N) is 1. The zero-order valence-corrected chi connectivity index (χ0v) is 17.6. The van der Waals surface area contributed by atoms with Crippen LogP contribution in [0.15, 0.2) is 40.7 Å². The first-order valence-electron chi connectivity index (χ1n) is 8.32. The summed E-state index contributed by atoms with van der Waals surface area (Å²) < 4.78 is 28.3. The zero-order chi connectivity index (χ0) is 20.5. The number of amides is 2. The van der Waals surface area contributed by atoms with Gasteiger partial charge in [-0.25, -0.2) is 8.42 Å². The molecule has 0 unspecified atom stereocenters. The number of carbonyl (C=O) groups excluding carboxylic acids is 2. The SMILES string of the molecule is COc1ccc(/C=C2\SC(=S)N([C@@H](C)C(=O)N[C@H]3C=CS(=O)(=O)C3)C2=O)cc1. The van der Waals surface area contributed by atoms with E-state index in [9.17, 15) is 18.0 Å². The van der Waals surface area contributed by atoms with Crippen LogP contribution in [-0.2, 0) is 19.4 Å². The lowest BCUT2D eigenvalue weighted by molar-refractivity contribution is -0.132. The second-order valence-electron chi connectivity index (χ2n) is 6.27. The fraction of sp³-hybridized carbons (Fsp3) is 0.278. The Morgan fingerprint density at radius 2 is 2.07 bits per heavy atom. The molecule has 0 spiro atoms. The maximum Gasteiger partial charge on any atom is 0.266 e. The number of nitrogens with zero attached hydrogens (tertiary/aromatic N) is 1. The van der Waals surface area contributed by atoms with Gasteiger partial charge < -0.3 is 10.1 Å². The number of sulfone groups is 1. The Bertz CT molecular complexity index is 983. The highest BCUT2D eigenvalue weighted by atomic mass is 32.2. The summed E-state index contributed by atoms with van der Waals surface area (Å²) in [6.45, 7) is 1.56. The van der Waals surface area contributed by atoms with Crippen LogP contribution < -0.4 is 10.1 Å².